The molecule has 0 aromatic heterocycles. The van der Waals surface area contributed by atoms with E-state index in [1.165, 1.54) is 31.2 Å². The third kappa shape index (κ3) is 13.0. The number of rotatable bonds is 15. The first-order chi connectivity index (χ1) is 13.0. The molecule has 1 amide bonds. The van der Waals surface area contributed by atoms with Crippen molar-refractivity contribution in [2.24, 2.45) is 0 Å². The number of hydrogen-bond donors (Lipinski definition) is 2. The van der Waals surface area contributed by atoms with E-state index >= 15 is 0 Å². The minimum atomic E-state index is -0.880. The quantitative estimate of drug-likeness (QED) is 0.456. The first-order valence-electron chi connectivity index (χ1n) is 10.2. The molecule has 0 bridgehead atoms. The van der Waals surface area contributed by atoms with Gasteiger partial charge in [-0.25, -0.2) is 0 Å². The van der Waals surface area contributed by atoms with Crippen molar-refractivity contribution < 1.29 is 14.7 Å². The Morgan fingerprint density at radius 2 is 1.56 bits per heavy atom. The Labute approximate surface area is 164 Å². The van der Waals surface area contributed by atoms with Crippen molar-refractivity contribution in [3.05, 3.63) is 35.9 Å². The molecule has 1 atom stereocenters. The maximum atomic E-state index is 12.0. The van der Waals surface area contributed by atoms with E-state index in [2.05, 4.69) is 35.6 Å². The molecule has 2 N–H and O–H groups in total. The van der Waals surface area contributed by atoms with Crippen LogP contribution in [0.15, 0.2) is 30.3 Å². The Kier molecular flexibility index (Phi) is 12.2. The number of nitrogens with zero attached hydrogens (tertiary/aromatic N) is 1. The van der Waals surface area contributed by atoms with Gasteiger partial charge in [0.25, 0.3) is 0 Å². The molecule has 0 spiro atoms. The first-order valence-corrected chi connectivity index (χ1v) is 10.2. The first kappa shape index (κ1) is 23.2. The van der Waals surface area contributed by atoms with Crippen molar-refractivity contribution in [3.8, 4) is 0 Å². The van der Waals surface area contributed by atoms with Gasteiger partial charge in [-0.1, -0.05) is 62.4 Å². The standard InChI is InChI=1S/C22H36N2O3/c1-24(2)18-20(17-22(26)27)23-21(25)16-12-7-5-3-4-6-9-13-19-14-10-8-11-15-19/h8,10-11,14-15,20H,3-7,9,12-13,16-18H2,1-2H3,(H,23,25)(H,26,27)/t20-/m0/s1. The summed E-state index contributed by atoms with van der Waals surface area (Å²) < 4.78 is 0. The molecule has 0 heterocycles. The second-order valence-corrected chi connectivity index (χ2v) is 7.59. The Morgan fingerprint density at radius 1 is 0.963 bits per heavy atom. The van der Waals surface area contributed by atoms with E-state index in [1.54, 1.807) is 0 Å². The largest absolute Gasteiger partial charge is 0.481 e. The zero-order chi connectivity index (χ0) is 19.9. The van der Waals surface area contributed by atoms with Gasteiger partial charge in [0, 0.05) is 13.0 Å². The number of likely N-dealkylation sites (N-methyl/N-ethyl adjacent to an activating group) is 1. The number of nitrogens with one attached hydrogen (secondary N) is 1. The summed E-state index contributed by atoms with van der Waals surface area (Å²) in [5.74, 6) is -0.916. The summed E-state index contributed by atoms with van der Waals surface area (Å²) in [6.07, 6.45) is 9.67. The smallest absolute Gasteiger partial charge is 0.305 e. The van der Waals surface area contributed by atoms with Crippen molar-refractivity contribution in [1.29, 1.82) is 0 Å². The lowest BCUT2D eigenvalue weighted by molar-refractivity contribution is -0.137. The van der Waals surface area contributed by atoms with Crippen molar-refractivity contribution in [3.63, 3.8) is 0 Å². The van der Waals surface area contributed by atoms with E-state index in [1.807, 2.05) is 19.0 Å². The molecule has 0 radical (unpaired) electrons. The van der Waals surface area contributed by atoms with Gasteiger partial charge in [0.15, 0.2) is 0 Å². The highest BCUT2D eigenvalue weighted by Crippen LogP contribution is 2.11. The number of carbonyl (C=O) groups is 2. The summed E-state index contributed by atoms with van der Waals surface area (Å²) in [4.78, 5) is 24.8. The van der Waals surface area contributed by atoms with Gasteiger partial charge in [-0.2, -0.15) is 0 Å². The third-order valence-electron chi connectivity index (χ3n) is 4.58. The molecule has 0 aliphatic carbocycles. The van der Waals surface area contributed by atoms with Crippen LogP contribution >= 0.6 is 0 Å². The molecule has 5 heteroatoms. The summed E-state index contributed by atoms with van der Waals surface area (Å²) >= 11 is 0. The van der Waals surface area contributed by atoms with E-state index in [0.717, 1.165) is 25.7 Å². The van der Waals surface area contributed by atoms with Gasteiger partial charge < -0.3 is 15.3 Å². The fraction of sp³-hybridized carbons (Fsp3) is 0.636. The Balaban J connectivity index is 2.01. The molecule has 0 unspecified atom stereocenters. The zero-order valence-electron chi connectivity index (χ0n) is 17.0. The van der Waals surface area contributed by atoms with Crippen molar-refractivity contribution in [2.75, 3.05) is 20.6 Å². The number of hydrogen-bond acceptors (Lipinski definition) is 3. The Hall–Kier alpha value is -1.88. The third-order valence-corrected chi connectivity index (χ3v) is 4.58. The summed E-state index contributed by atoms with van der Waals surface area (Å²) in [5.41, 5.74) is 1.42. The minimum Gasteiger partial charge on any atom is -0.481 e. The average molecular weight is 377 g/mol. The second kappa shape index (κ2) is 14.2. The van der Waals surface area contributed by atoms with Crippen molar-refractivity contribution in [2.45, 2.75) is 70.3 Å². The molecule has 1 aromatic rings. The summed E-state index contributed by atoms with van der Waals surface area (Å²) in [6.45, 7) is 0.543. The van der Waals surface area contributed by atoms with Crippen LogP contribution in [-0.2, 0) is 16.0 Å². The number of amides is 1. The molecule has 0 fully saturated rings. The van der Waals surface area contributed by atoms with Gasteiger partial charge in [-0.05, 0) is 38.9 Å². The summed E-state index contributed by atoms with van der Waals surface area (Å²) in [5, 5.41) is 11.8. The molecule has 27 heavy (non-hydrogen) atoms. The number of benzene rings is 1. The Bertz CT molecular complexity index is 532. The van der Waals surface area contributed by atoms with Gasteiger partial charge in [0.05, 0.1) is 12.5 Å². The van der Waals surface area contributed by atoms with Gasteiger partial charge in [-0.15, -0.1) is 0 Å². The summed E-state index contributed by atoms with van der Waals surface area (Å²) in [7, 11) is 3.75. The molecule has 1 rings (SSSR count). The lowest BCUT2D eigenvalue weighted by atomic mass is 10.0. The van der Waals surface area contributed by atoms with E-state index in [0.29, 0.717) is 13.0 Å². The number of aryl methyl sites for hydroxylation is 1. The fourth-order valence-electron chi connectivity index (χ4n) is 3.26. The molecule has 0 aliphatic rings. The molecule has 0 saturated heterocycles. The van der Waals surface area contributed by atoms with Crippen LogP contribution in [-0.4, -0.2) is 48.6 Å². The highest BCUT2D eigenvalue weighted by Gasteiger charge is 2.16. The van der Waals surface area contributed by atoms with Crippen LogP contribution < -0.4 is 5.32 Å². The number of carboxylic acid groups (broad SMARTS) is 1. The maximum Gasteiger partial charge on any atom is 0.305 e. The molecule has 1 aromatic carbocycles. The molecule has 5 nitrogen and oxygen atoms in total. The van der Waals surface area contributed by atoms with Gasteiger partial charge in [-0.3, -0.25) is 9.59 Å². The topological polar surface area (TPSA) is 69.6 Å². The minimum absolute atomic E-state index is 0.0348. The van der Waals surface area contributed by atoms with E-state index < -0.39 is 5.97 Å². The maximum absolute atomic E-state index is 12.0. The highest BCUT2D eigenvalue weighted by molar-refractivity contribution is 5.77. The lowest BCUT2D eigenvalue weighted by Crippen LogP contribution is -2.42. The molecular formula is C22H36N2O3. The zero-order valence-corrected chi connectivity index (χ0v) is 17.0. The fourth-order valence-corrected chi connectivity index (χ4v) is 3.26. The van der Waals surface area contributed by atoms with Crippen LogP contribution in [0.3, 0.4) is 0 Å². The average Bonchev–Trinajstić information content (AvgIpc) is 2.60. The van der Waals surface area contributed by atoms with Crippen molar-refractivity contribution in [1.82, 2.24) is 10.2 Å². The van der Waals surface area contributed by atoms with Crippen LogP contribution in [0.4, 0.5) is 0 Å². The van der Waals surface area contributed by atoms with Crippen LogP contribution in [0.5, 0.6) is 0 Å². The van der Waals surface area contributed by atoms with Crippen LogP contribution in [0.25, 0.3) is 0 Å². The number of aliphatic carboxylic acids is 1. The molecule has 152 valence electrons. The van der Waals surface area contributed by atoms with E-state index in [-0.39, 0.29) is 18.4 Å². The monoisotopic (exact) mass is 376 g/mol. The molecular weight excluding hydrogens is 340 g/mol. The number of unbranched alkanes of at least 4 members (excludes halogenated alkanes) is 6. The predicted octanol–water partition coefficient (Wildman–Crippen LogP) is 3.87. The number of carbonyl (C=O) groups excluding carboxylic acids is 1. The second-order valence-electron chi connectivity index (χ2n) is 7.59. The lowest BCUT2D eigenvalue weighted by Gasteiger charge is -2.20. The summed E-state index contributed by atoms with van der Waals surface area (Å²) in [6, 6.07) is 10.3. The van der Waals surface area contributed by atoms with Crippen molar-refractivity contribution >= 4 is 11.9 Å². The van der Waals surface area contributed by atoms with Crippen LogP contribution in [0, 0.1) is 0 Å². The predicted molar refractivity (Wildman–Crippen MR) is 110 cm³/mol. The highest BCUT2D eigenvalue weighted by atomic mass is 16.4. The number of carboxylic acids is 1. The van der Waals surface area contributed by atoms with E-state index in [9.17, 15) is 9.59 Å². The molecule has 0 aliphatic heterocycles. The normalized spacial score (nSPS) is 12.1. The van der Waals surface area contributed by atoms with Gasteiger partial charge >= 0.3 is 5.97 Å². The Morgan fingerprint density at radius 3 is 2.15 bits per heavy atom. The van der Waals surface area contributed by atoms with Crippen LogP contribution in [0.1, 0.15) is 63.4 Å². The van der Waals surface area contributed by atoms with Gasteiger partial charge in [0.2, 0.25) is 5.91 Å². The molecule has 0 saturated carbocycles. The SMILES string of the molecule is CN(C)C[C@H](CC(=O)O)NC(=O)CCCCCCCCCc1ccccc1. The van der Waals surface area contributed by atoms with Gasteiger partial charge in [0.1, 0.15) is 0 Å². The van der Waals surface area contributed by atoms with Crippen LogP contribution in [0.2, 0.25) is 0 Å². The van der Waals surface area contributed by atoms with E-state index in [4.69, 9.17) is 5.11 Å².